The zero-order chi connectivity index (χ0) is 12.0. The van der Waals surface area contributed by atoms with Crippen molar-refractivity contribution in [2.75, 3.05) is 0 Å². The average molecular weight is 234 g/mol. The second-order valence-electron chi connectivity index (χ2n) is 4.20. The van der Waals surface area contributed by atoms with Gasteiger partial charge in [-0.15, -0.1) is 0 Å². The largest absolute Gasteiger partial charge is 0.416 e. The van der Waals surface area contributed by atoms with Crippen LogP contribution in [0, 0.1) is 0 Å². The van der Waals surface area contributed by atoms with E-state index in [0.29, 0.717) is 0 Å². The lowest BCUT2D eigenvalue weighted by Gasteiger charge is -2.08. The molecular formula is C14H9F3. The van der Waals surface area contributed by atoms with Gasteiger partial charge in [0.2, 0.25) is 0 Å². The van der Waals surface area contributed by atoms with Gasteiger partial charge in [-0.3, -0.25) is 0 Å². The van der Waals surface area contributed by atoms with E-state index in [-0.39, 0.29) is 0 Å². The number of hydrogen-bond acceptors (Lipinski definition) is 0. The molecule has 0 atom stereocenters. The zero-order valence-electron chi connectivity index (χ0n) is 8.88. The molecule has 0 nitrogen and oxygen atoms in total. The Morgan fingerprint density at radius 1 is 0.824 bits per heavy atom. The fourth-order valence-corrected chi connectivity index (χ4v) is 2.30. The molecule has 0 N–H and O–H groups in total. The van der Waals surface area contributed by atoms with Gasteiger partial charge in [0.1, 0.15) is 0 Å². The van der Waals surface area contributed by atoms with Gasteiger partial charge >= 0.3 is 6.18 Å². The molecule has 2 aromatic carbocycles. The smallest absolute Gasteiger partial charge is 0.166 e. The summed E-state index contributed by atoms with van der Waals surface area (Å²) in [5.41, 5.74) is 3.14. The summed E-state index contributed by atoms with van der Waals surface area (Å²) in [6, 6.07) is 11.6. The Labute approximate surface area is 96.7 Å². The fraction of sp³-hybridized carbons (Fsp3) is 0.143. The number of alkyl halides is 3. The Morgan fingerprint density at radius 2 is 1.53 bits per heavy atom. The number of fused-ring (bicyclic) bond motifs is 3. The van der Waals surface area contributed by atoms with Crippen LogP contribution in [0.25, 0.3) is 11.1 Å². The third-order valence-electron chi connectivity index (χ3n) is 3.13. The van der Waals surface area contributed by atoms with Crippen LogP contribution in [0.4, 0.5) is 13.2 Å². The summed E-state index contributed by atoms with van der Waals surface area (Å²) < 4.78 is 37.9. The summed E-state index contributed by atoms with van der Waals surface area (Å²) >= 11 is 0. The number of benzene rings is 2. The number of hydrogen-bond donors (Lipinski definition) is 0. The first-order chi connectivity index (χ1) is 8.05. The Bertz CT molecular complexity index is 582. The molecule has 86 valence electrons. The summed E-state index contributed by atoms with van der Waals surface area (Å²) in [6.45, 7) is 0. The van der Waals surface area contributed by atoms with E-state index in [4.69, 9.17) is 0 Å². The predicted molar refractivity (Wildman–Crippen MR) is 59.7 cm³/mol. The Kier molecular flexibility index (Phi) is 2.05. The molecule has 0 aliphatic heterocycles. The first-order valence-electron chi connectivity index (χ1n) is 5.34. The van der Waals surface area contributed by atoms with Gasteiger partial charge in [0, 0.05) is 0 Å². The summed E-state index contributed by atoms with van der Waals surface area (Å²) in [5, 5.41) is 0. The zero-order valence-corrected chi connectivity index (χ0v) is 8.88. The summed E-state index contributed by atoms with van der Waals surface area (Å²) in [4.78, 5) is 0. The third kappa shape index (κ3) is 1.62. The molecule has 0 fully saturated rings. The van der Waals surface area contributed by atoms with Crippen molar-refractivity contribution >= 4 is 0 Å². The standard InChI is InChI=1S/C14H9F3/c15-14(16,17)11-6-5-10-7-9-3-1-2-4-12(9)13(10)8-11/h1-6,8H,7H2. The summed E-state index contributed by atoms with van der Waals surface area (Å²) in [5.74, 6) is 0. The lowest BCUT2D eigenvalue weighted by atomic mass is 10.0. The minimum atomic E-state index is -4.27. The molecule has 1 aliphatic carbocycles. The van der Waals surface area contributed by atoms with Crippen LogP contribution in [0.15, 0.2) is 42.5 Å². The van der Waals surface area contributed by atoms with Crippen LogP contribution in [0.2, 0.25) is 0 Å². The van der Waals surface area contributed by atoms with E-state index in [2.05, 4.69) is 0 Å². The molecule has 0 saturated heterocycles. The lowest BCUT2D eigenvalue weighted by molar-refractivity contribution is -0.137. The van der Waals surface area contributed by atoms with E-state index < -0.39 is 11.7 Å². The van der Waals surface area contributed by atoms with Crippen molar-refractivity contribution in [2.24, 2.45) is 0 Å². The highest BCUT2D eigenvalue weighted by Crippen LogP contribution is 2.40. The van der Waals surface area contributed by atoms with Gasteiger partial charge in [0.15, 0.2) is 0 Å². The first-order valence-corrected chi connectivity index (χ1v) is 5.34. The van der Waals surface area contributed by atoms with Gasteiger partial charge in [-0.2, -0.15) is 13.2 Å². The monoisotopic (exact) mass is 234 g/mol. The molecule has 0 unspecified atom stereocenters. The molecule has 3 heteroatoms. The van der Waals surface area contributed by atoms with E-state index >= 15 is 0 Å². The van der Waals surface area contributed by atoms with Crippen LogP contribution < -0.4 is 0 Å². The molecule has 0 heterocycles. The van der Waals surface area contributed by atoms with Crippen LogP contribution in [0.5, 0.6) is 0 Å². The van der Waals surface area contributed by atoms with Crippen molar-refractivity contribution in [2.45, 2.75) is 12.6 Å². The van der Waals surface area contributed by atoms with Gasteiger partial charge in [-0.05, 0) is 40.8 Å². The highest BCUT2D eigenvalue weighted by molar-refractivity contribution is 5.77. The van der Waals surface area contributed by atoms with E-state index in [1.807, 2.05) is 24.3 Å². The average Bonchev–Trinajstić information content (AvgIpc) is 2.65. The molecular weight excluding hydrogens is 225 g/mol. The van der Waals surface area contributed by atoms with Gasteiger partial charge in [0.05, 0.1) is 5.56 Å². The number of rotatable bonds is 0. The van der Waals surface area contributed by atoms with Gasteiger partial charge in [-0.1, -0.05) is 30.3 Å². The molecule has 0 amide bonds. The normalized spacial score (nSPS) is 13.4. The summed E-state index contributed by atoms with van der Waals surface area (Å²) in [6.07, 6.45) is -3.55. The van der Waals surface area contributed by atoms with Gasteiger partial charge in [-0.25, -0.2) is 0 Å². The Morgan fingerprint density at radius 3 is 2.29 bits per heavy atom. The van der Waals surface area contributed by atoms with Crippen molar-refractivity contribution in [3.8, 4) is 11.1 Å². The summed E-state index contributed by atoms with van der Waals surface area (Å²) in [7, 11) is 0. The maximum atomic E-state index is 12.6. The second kappa shape index (κ2) is 3.36. The molecule has 3 rings (SSSR count). The van der Waals surface area contributed by atoms with Crippen LogP contribution in [-0.4, -0.2) is 0 Å². The highest BCUT2D eigenvalue weighted by Gasteiger charge is 2.32. The highest BCUT2D eigenvalue weighted by atomic mass is 19.4. The second-order valence-corrected chi connectivity index (χ2v) is 4.20. The molecule has 0 saturated carbocycles. The van der Waals surface area contributed by atoms with Crippen molar-refractivity contribution in [3.05, 3.63) is 59.2 Å². The quantitative estimate of drug-likeness (QED) is 0.544. The number of halogens is 3. The molecule has 0 aromatic heterocycles. The van der Waals surface area contributed by atoms with Crippen LogP contribution in [0.1, 0.15) is 16.7 Å². The van der Waals surface area contributed by atoms with Crippen molar-refractivity contribution < 1.29 is 13.2 Å². The van der Waals surface area contributed by atoms with Gasteiger partial charge in [0.25, 0.3) is 0 Å². The van der Waals surface area contributed by atoms with E-state index in [9.17, 15) is 13.2 Å². The third-order valence-corrected chi connectivity index (χ3v) is 3.13. The van der Waals surface area contributed by atoms with Crippen LogP contribution in [-0.2, 0) is 12.6 Å². The minimum Gasteiger partial charge on any atom is -0.166 e. The lowest BCUT2D eigenvalue weighted by Crippen LogP contribution is -2.04. The molecule has 0 bridgehead atoms. The maximum Gasteiger partial charge on any atom is 0.416 e. The minimum absolute atomic E-state index is 0.576. The molecule has 2 aromatic rings. The van der Waals surface area contributed by atoms with Gasteiger partial charge < -0.3 is 0 Å². The van der Waals surface area contributed by atoms with Crippen molar-refractivity contribution in [1.82, 2.24) is 0 Å². The van der Waals surface area contributed by atoms with Crippen LogP contribution >= 0.6 is 0 Å². The Hall–Kier alpha value is -1.77. The Balaban J connectivity index is 2.18. The van der Waals surface area contributed by atoms with E-state index in [1.54, 1.807) is 6.07 Å². The molecule has 1 aliphatic rings. The SMILES string of the molecule is FC(F)(F)c1ccc2c(c1)-c1ccccc1C2. The first kappa shape index (κ1) is 10.4. The van der Waals surface area contributed by atoms with E-state index in [0.717, 1.165) is 34.7 Å². The topological polar surface area (TPSA) is 0 Å². The van der Waals surface area contributed by atoms with Crippen molar-refractivity contribution in [1.29, 1.82) is 0 Å². The molecule has 17 heavy (non-hydrogen) atoms. The molecule has 0 radical (unpaired) electrons. The fourth-order valence-electron chi connectivity index (χ4n) is 2.30. The van der Waals surface area contributed by atoms with Crippen LogP contribution in [0.3, 0.4) is 0 Å². The predicted octanol–water partition coefficient (Wildman–Crippen LogP) is 4.28. The molecule has 0 spiro atoms. The van der Waals surface area contributed by atoms with Crippen molar-refractivity contribution in [3.63, 3.8) is 0 Å². The van der Waals surface area contributed by atoms with E-state index in [1.165, 1.54) is 6.07 Å². The maximum absolute atomic E-state index is 12.6.